The molecule has 0 aliphatic carbocycles. The van der Waals surface area contributed by atoms with Crippen LogP contribution in [0, 0.1) is 17.1 Å². The van der Waals surface area contributed by atoms with Gasteiger partial charge in [0.05, 0.1) is 11.1 Å². The van der Waals surface area contributed by atoms with Crippen molar-refractivity contribution in [1.29, 1.82) is 5.26 Å². The maximum Gasteiger partial charge on any atom is 0.417 e. The standard InChI is InChI=1S/C21H20F4N2OS/c1-20(2,3)18-11-16(21(23,24)25)15(12-26)19(27-18)29-10-4-5-17(28)13-6-8-14(22)9-7-13/h6-9,11H,4-5,10H2,1-3H3. The van der Waals surface area contributed by atoms with Crippen LogP contribution in [0.1, 0.15) is 60.8 Å². The summed E-state index contributed by atoms with van der Waals surface area (Å²) in [5, 5.41) is 9.30. The third-order valence-electron chi connectivity index (χ3n) is 4.13. The highest BCUT2D eigenvalue weighted by Crippen LogP contribution is 2.38. The van der Waals surface area contributed by atoms with Gasteiger partial charge in [-0.15, -0.1) is 11.8 Å². The topological polar surface area (TPSA) is 53.8 Å². The number of benzene rings is 1. The lowest BCUT2D eigenvalue weighted by molar-refractivity contribution is -0.138. The molecule has 0 saturated carbocycles. The van der Waals surface area contributed by atoms with Crippen LogP contribution in [0.5, 0.6) is 0 Å². The number of aromatic nitrogens is 1. The summed E-state index contributed by atoms with van der Waals surface area (Å²) in [4.78, 5) is 16.4. The Kier molecular flexibility index (Phi) is 7.06. The Balaban J connectivity index is 2.16. The Hall–Kier alpha value is -2.40. The van der Waals surface area contributed by atoms with Gasteiger partial charge >= 0.3 is 6.18 Å². The van der Waals surface area contributed by atoms with E-state index in [1.54, 1.807) is 26.8 Å². The van der Waals surface area contributed by atoms with E-state index < -0.39 is 28.5 Å². The van der Waals surface area contributed by atoms with Gasteiger partial charge in [-0.25, -0.2) is 9.37 Å². The van der Waals surface area contributed by atoms with Crippen LogP contribution < -0.4 is 0 Å². The first kappa shape index (κ1) is 22.9. The molecule has 0 fully saturated rings. The van der Waals surface area contributed by atoms with Crippen molar-refractivity contribution in [3.05, 3.63) is 58.5 Å². The zero-order valence-corrected chi connectivity index (χ0v) is 17.0. The first-order valence-electron chi connectivity index (χ1n) is 8.88. The predicted octanol–water partition coefficient (Wildman–Crippen LogP) is 6.16. The molecule has 0 aliphatic rings. The van der Waals surface area contributed by atoms with Gasteiger partial charge in [0.1, 0.15) is 16.9 Å². The van der Waals surface area contributed by atoms with Crippen molar-refractivity contribution in [2.24, 2.45) is 0 Å². The van der Waals surface area contributed by atoms with Crippen LogP contribution in [0.25, 0.3) is 0 Å². The van der Waals surface area contributed by atoms with E-state index in [1.165, 1.54) is 24.3 Å². The van der Waals surface area contributed by atoms with Crippen molar-refractivity contribution in [2.75, 3.05) is 5.75 Å². The number of halogens is 4. The number of ketones is 1. The SMILES string of the molecule is CC(C)(C)c1cc(C(F)(F)F)c(C#N)c(SCCCC(=O)c2ccc(F)cc2)n1. The molecule has 8 heteroatoms. The second kappa shape index (κ2) is 8.95. The highest BCUT2D eigenvalue weighted by atomic mass is 32.2. The number of carbonyl (C=O) groups excluding carboxylic acids is 1. The molecule has 1 heterocycles. The molecule has 0 aliphatic heterocycles. The van der Waals surface area contributed by atoms with Gasteiger partial charge in [-0.3, -0.25) is 4.79 Å². The summed E-state index contributed by atoms with van der Waals surface area (Å²) in [6, 6.07) is 7.73. The molecule has 0 bridgehead atoms. The molecular formula is C21H20F4N2OS. The zero-order chi connectivity index (χ0) is 21.8. The summed E-state index contributed by atoms with van der Waals surface area (Å²) < 4.78 is 53.2. The van der Waals surface area contributed by atoms with Crippen LogP contribution in [-0.4, -0.2) is 16.5 Å². The molecule has 0 atom stereocenters. The van der Waals surface area contributed by atoms with E-state index in [4.69, 9.17) is 0 Å². The smallest absolute Gasteiger partial charge is 0.294 e. The Labute approximate surface area is 171 Å². The van der Waals surface area contributed by atoms with Crippen molar-refractivity contribution in [1.82, 2.24) is 4.98 Å². The largest absolute Gasteiger partial charge is 0.417 e. The number of carbonyl (C=O) groups is 1. The number of Topliss-reactive ketones (excluding diaryl/α,β-unsaturated/α-hetero) is 1. The predicted molar refractivity (Wildman–Crippen MR) is 103 cm³/mol. The van der Waals surface area contributed by atoms with Crippen molar-refractivity contribution < 1.29 is 22.4 Å². The number of thioether (sulfide) groups is 1. The molecule has 1 aromatic heterocycles. The Morgan fingerprint density at radius 2 is 1.79 bits per heavy atom. The van der Waals surface area contributed by atoms with E-state index >= 15 is 0 Å². The molecule has 1 aromatic carbocycles. The lowest BCUT2D eigenvalue weighted by Crippen LogP contribution is -2.18. The second-order valence-electron chi connectivity index (χ2n) is 7.48. The van der Waals surface area contributed by atoms with Gasteiger partial charge in [-0.1, -0.05) is 20.8 Å². The number of rotatable bonds is 6. The van der Waals surface area contributed by atoms with E-state index in [0.29, 0.717) is 17.7 Å². The average Bonchev–Trinajstić information content (AvgIpc) is 2.63. The monoisotopic (exact) mass is 424 g/mol. The van der Waals surface area contributed by atoms with Crippen LogP contribution in [-0.2, 0) is 11.6 Å². The minimum Gasteiger partial charge on any atom is -0.294 e. The van der Waals surface area contributed by atoms with Gasteiger partial charge in [0, 0.05) is 23.1 Å². The van der Waals surface area contributed by atoms with Gasteiger partial charge in [0.15, 0.2) is 5.78 Å². The Morgan fingerprint density at radius 3 is 2.31 bits per heavy atom. The fraction of sp³-hybridized carbons (Fsp3) is 0.381. The van der Waals surface area contributed by atoms with Crippen molar-refractivity contribution in [2.45, 2.75) is 50.2 Å². The van der Waals surface area contributed by atoms with Gasteiger partial charge in [-0.05, 0) is 42.5 Å². The van der Waals surface area contributed by atoms with Crippen LogP contribution in [0.15, 0.2) is 35.4 Å². The van der Waals surface area contributed by atoms with Gasteiger partial charge in [-0.2, -0.15) is 18.4 Å². The number of alkyl halides is 3. The van der Waals surface area contributed by atoms with Crippen LogP contribution in [0.3, 0.4) is 0 Å². The lowest BCUT2D eigenvalue weighted by Gasteiger charge is -2.21. The highest BCUT2D eigenvalue weighted by Gasteiger charge is 2.37. The summed E-state index contributed by atoms with van der Waals surface area (Å²) in [6.07, 6.45) is -4.12. The number of pyridine rings is 1. The third-order valence-corrected chi connectivity index (χ3v) is 5.19. The number of hydrogen-bond donors (Lipinski definition) is 0. The molecule has 0 amide bonds. The molecule has 0 unspecified atom stereocenters. The molecule has 0 spiro atoms. The van der Waals surface area contributed by atoms with Gasteiger partial charge in [0.2, 0.25) is 0 Å². The van der Waals surface area contributed by atoms with Crippen LogP contribution in [0.4, 0.5) is 17.6 Å². The van der Waals surface area contributed by atoms with E-state index in [1.807, 2.05) is 0 Å². The number of nitriles is 1. The summed E-state index contributed by atoms with van der Waals surface area (Å²) in [5.74, 6) is -0.302. The molecule has 0 saturated heterocycles. The second-order valence-corrected chi connectivity index (χ2v) is 8.56. The quantitative estimate of drug-likeness (QED) is 0.241. The molecule has 154 valence electrons. The summed E-state index contributed by atoms with van der Waals surface area (Å²) in [5.41, 5.74) is -1.50. The van der Waals surface area contributed by atoms with E-state index in [9.17, 15) is 27.6 Å². The number of nitrogens with zero attached hydrogens (tertiary/aromatic N) is 2. The molecule has 2 rings (SSSR count). The molecule has 2 aromatic rings. The van der Waals surface area contributed by atoms with Crippen molar-refractivity contribution in [3.63, 3.8) is 0 Å². The Morgan fingerprint density at radius 1 is 1.17 bits per heavy atom. The fourth-order valence-corrected chi connectivity index (χ4v) is 3.47. The molecule has 0 radical (unpaired) electrons. The molecular weight excluding hydrogens is 404 g/mol. The molecule has 29 heavy (non-hydrogen) atoms. The average molecular weight is 424 g/mol. The minimum absolute atomic E-state index is 0.0153. The van der Waals surface area contributed by atoms with Crippen molar-refractivity contribution in [3.8, 4) is 6.07 Å². The van der Waals surface area contributed by atoms with Crippen LogP contribution >= 0.6 is 11.8 Å². The van der Waals surface area contributed by atoms with Gasteiger partial charge in [0.25, 0.3) is 0 Å². The van der Waals surface area contributed by atoms with E-state index in [0.717, 1.165) is 17.8 Å². The third kappa shape index (κ3) is 6.04. The van der Waals surface area contributed by atoms with E-state index in [-0.39, 0.29) is 22.9 Å². The highest BCUT2D eigenvalue weighted by molar-refractivity contribution is 7.99. The summed E-state index contributed by atoms with van der Waals surface area (Å²) in [7, 11) is 0. The maximum absolute atomic E-state index is 13.4. The number of hydrogen-bond acceptors (Lipinski definition) is 4. The van der Waals surface area contributed by atoms with Crippen LogP contribution in [0.2, 0.25) is 0 Å². The van der Waals surface area contributed by atoms with Gasteiger partial charge < -0.3 is 0 Å². The normalized spacial score (nSPS) is 11.9. The summed E-state index contributed by atoms with van der Waals surface area (Å²) >= 11 is 1.03. The zero-order valence-electron chi connectivity index (χ0n) is 16.2. The van der Waals surface area contributed by atoms with E-state index in [2.05, 4.69) is 4.98 Å². The lowest BCUT2D eigenvalue weighted by atomic mass is 9.90. The summed E-state index contributed by atoms with van der Waals surface area (Å²) in [6.45, 7) is 5.24. The molecule has 3 nitrogen and oxygen atoms in total. The Bertz CT molecular complexity index is 926. The first-order valence-corrected chi connectivity index (χ1v) is 9.86. The minimum atomic E-state index is -4.66. The fourth-order valence-electron chi connectivity index (χ4n) is 2.52. The maximum atomic E-state index is 13.4. The molecule has 0 N–H and O–H groups in total. The van der Waals surface area contributed by atoms with Crippen molar-refractivity contribution >= 4 is 17.5 Å². The first-order chi connectivity index (χ1) is 13.4.